The molecule has 0 saturated carbocycles. The van der Waals surface area contributed by atoms with Crippen LogP contribution in [-0.2, 0) is 4.74 Å². The Kier molecular flexibility index (Phi) is 6.52. The summed E-state index contributed by atoms with van der Waals surface area (Å²) in [5, 5.41) is 0.825. The van der Waals surface area contributed by atoms with E-state index in [1.54, 1.807) is 19.1 Å². The lowest BCUT2D eigenvalue weighted by molar-refractivity contribution is 0.0520. The standard InChI is InChI=1S/C24H27N3O4/c1-2-30-24(29)22-17-19-16-18(8-9-21(19)25-22)23(28)27-12-10-26(11-13-27)14-15-31-20-6-4-3-5-7-20/h3-9,16-17,25H,2,10-15H2,1H3. The van der Waals surface area contributed by atoms with Crippen molar-refractivity contribution in [2.45, 2.75) is 6.92 Å². The fourth-order valence-corrected chi connectivity index (χ4v) is 3.75. The Hall–Kier alpha value is -3.32. The minimum absolute atomic E-state index is 0.0148. The minimum Gasteiger partial charge on any atom is -0.492 e. The number of hydrogen-bond acceptors (Lipinski definition) is 5. The summed E-state index contributed by atoms with van der Waals surface area (Å²) in [6.45, 7) is 6.57. The number of hydrogen-bond donors (Lipinski definition) is 1. The van der Waals surface area contributed by atoms with Crippen molar-refractivity contribution in [1.82, 2.24) is 14.8 Å². The van der Waals surface area contributed by atoms with Gasteiger partial charge in [-0.25, -0.2) is 4.79 Å². The quantitative estimate of drug-likeness (QED) is 0.593. The molecule has 0 spiro atoms. The normalized spacial score (nSPS) is 14.5. The van der Waals surface area contributed by atoms with Crippen molar-refractivity contribution in [3.8, 4) is 5.75 Å². The molecule has 0 radical (unpaired) electrons. The molecular weight excluding hydrogens is 394 g/mol. The molecule has 0 unspecified atom stereocenters. The summed E-state index contributed by atoms with van der Waals surface area (Å²) in [4.78, 5) is 32.1. The second-order valence-electron chi connectivity index (χ2n) is 7.50. The molecule has 4 rings (SSSR count). The summed E-state index contributed by atoms with van der Waals surface area (Å²) in [5.41, 5.74) is 1.83. The average molecular weight is 421 g/mol. The zero-order chi connectivity index (χ0) is 21.6. The van der Waals surface area contributed by atoms with E-state index in [1.807, 2.05) is 47.4 Å². The summed E-state index contributed by atoms with van der Waals surface area (Å²) in [5.74, 6) is 0.502. The second-order valence-corrected chi connectivity index (χ2v) is 7.50. The summed E-state index contributed by atoms with van der Waals surface area (Å²) in [7, 11) is 0. The van der Waals surface area contributed by atoms with Gasteiger partial charge in [0.15, 0.2) is 0 Å². The van der Waals surface area contributed by atoms with Gasteiger partial charge in [-0.2, -0.15) is 0 Å². The third-order valence-electron chi connectivity index (χ3n) is 5.44. The van der Waals surface area contributed by atoms with Crippen molar-refractivity contribution in [2.24, 2.45) is 0 Å². The van der Waals surface area contributed by atoms with Crippen LogP contribution in [0.25, 0.3) is 10.9 Å². The number of nitrogens with zero attached hydrogens (tertiary/aromatic N) is 2. The van der Waals surface area contributed by atoms with Gasteiger partial charge in [-0.1, -0.05) is 18.2 Å². The van der Waals surface area contributed by atoms with Crippen molar-refractivity contribution >= 4 is 22.8 Å². The van der Waals surface area contributed by atoms with E-state index in [1.165, 1.54) is 0 Å². The molecule has 7 nitrogen and oxygen atoms in total. The van der Waals surface area contributed by atoms with Crippen LogP contribution in [0.4, 0.5) is 0 Å². The van der Waals surface area contributed by atoms with Gasteiger partial charge in [-0.05, 0) is 43.3 Å². The van der Waals surface area contributed by atoms with E-state index in [-0.39, 0.29) is 11.9 Å². The Morgan fingerprint density at radius 3 is 2.52 bits per heavy atom. The lowest BCUT2D eigenvalue weighted by atomic mass is 10.1. The van der Waals surface area contributed by atoms with Gasteiger partial charge in [-0.15, -0.1) is 0 Å². The van der Waals surface area contributed by atoms with Crippen molar-refractivity contribution in [2.75, 3.05) is 45.9 Å². The number of carbonyl (C=O) groups excluding carboxylic acids is 2. The number of rotatable bonds is 7. The molecular formula is C24H27N3O4. The van der Waals surface area contributed by atoms with Crippen LogP contribution in [0.15, 0.2) is 54.6 Å². The van der Waals surface area contributed by atoms with Gasteiger partial charge in [-0.3, -0.25) is 9.69 Å². The van der Waals surface area contributed by atoms with Gasteiger partial charge < -0.3 is 19.4 Å². The number of H-pyrrole nitrogens is 1. The van der Waals surface area contributed by atoms with Gasteiger partial charge in [0.25, 0.3) is 5.91 Å². The number of carbonyl (C=O) groups is 2. The van der Waals surface area contributed by atoms with Gasteiger partial charge in [0.05, 0.1) is 6.61 Å². The lowest BCUT2D eigenvalue weighted by Gasteiger charge is -2.34. The number of para-hydroxylation sites is 1. The average Bonchev–Trinajstić information content (AvgIpc) is 3.24. The molecule has 0 aliphatic carbocycles. The third kappa shape index (κ3) is 5.06. The molecule has 1 aromatic heterocycles. The molecule has 0 atom stereocenters. The summed E-state index contributed by atoms with van der Waals surface area (Å²) in [6, 6.07) is 17.0. The second kappa shape index (κ2) is 9.66. The molecule has 3 aromatic rings. The highest BCUT2D eigenvalue weighted by Crippen LogP contribution is 2.20. The van der Waals surface area contributed by atoms with E-state index >= 15 is 0 Å². The molecule has 1 N–H and O–H groups in total. The predicted octanol–water partition coefficient (Wildman–Crippen LogP) is 3.18. The van der Waals surface area contributed by atoms with E-state index in [4.69, 9.17) is 9.47 Å². The van der Waals surface area contributed by atoms with Gasteiger partial charge >= 0.3 is 5.97 Å². The fraction of sp³-hybridized carbons (Fsp3) is 0.333. The van der Waals surface area contributed by atoms with Crippen LogP contribution in [0.2, 0.25) is 0 Å². The Bertz CT molecular complexity index is 1040. The topological polar surface area (TPSA) is 74.9 Å². The predicted molar refractivity (Wildman–Crippen MR) is 119 cm³/mol. The van der Waals surface area contributed by atoms with Gasteiger partial charge in [0.2, 0.25) is 0 Å². The van der Waals surface area contributed by atoms with Crippen molar-refractivity contribution < 1.29 is 19.1 Å². The fourth-order valence-electron chi connectivity index (χ4n) is 3.75. The zero-order valence-corrected chi connectivity index (χ0v) is 17.7. The van der Waals surface area contributed by atoms with E-state index < -0.39 is 0 Å². The first-order valence-corrected chi connectivity index (χ1v) is 10.6. The first-order valence-electron chi connectivity index (χ1n) is 10.6. The smallest absolute Gasteiger partial charge is 0.354 e. The molecule has 1 aliphatic heterocycles. The number of piperazine rings is 1. The first-order chi connectivity index (χ1) is 15.1. The Morgan fingerprint density at radius 1 is 1.00 bits per heavy atom. The number of nitrogens with one attached hydrogen (secondary N) is 1. The molecule has 1 amide bonds. The Morgan fingerprint density at radius 2 is 1.77 bits per heavy atom. The van der Waals surface area contributed by atoms with Gasteiger partial charge in [0, 0.05) is 49.2 Å². The van der Waals surface area contributed by atoms with E-state index in [2.05, 4.69) is 9.88 Å². The summed E-state index contributed by atoms with van der Waals surface area (Å²) in [6.07, 6.45) is 0. The molecule has 2 heterocycles. The van der Waals surface area contributed by atoms with Crippen molar-refractivity contribution in [1.29, 1.82) is 0 Å². The Labute approximate surface area is 181 Å². The van der Waals surface area contributed by atoms with Crippen LogP contribution in [0.1, 0.15) is 27.8 Å². The molecule has 31 heavy (non-hydrogen) atoms. The van der Waals surface area contributed by atoms with Crippen molar-refractivity contribution in [3.63, 3.8) is 0 Å². The van der Waals surface area contributed by atoms with E-state index in [9.17, 15) is 9.59 Å². The molecule has 0 bridgehead atoms. The number of esters is 1. The zero-order valence-electron chi connectivity index (χ0n) is 17.7. The van der Waals surface area contributed by atoms with E-state index in [0.717, 1.165) is 36.3 Å². The Balaban J connectivity index is 1.30. The SMILES string of the molecule is CCOC(=O)c1cc2cc(C(=O)N3CCN(CCOc4ccccc4)CC3)ccc2[nH]1. The minimum atomic E-state index is -0.390. The first kappa shape index (κ1) is 20.9. The lowest BCUT2D eigenvalue weighted by Crippen LogP contribution is -2.49. The number of aromatic nitrogens is 1. The maximum Gasteiger partial charge on any atom is 0.354 e. The third-order valence-corrected chi connectivity index (χ3v) is 5.44. The number of fused-ring (bicyclic) bond motifs is 1. The number of ether oxygens (including phenoxy) is 2. The molecule has 1 aliphatic rings. The van der Waals surface area contributed by atoms with Crippen LogP contribution in [0.5, 0.6) is 5.75 Å². The number of aromatic amines is 1. The maximum atomic E-state index is 13.0. The molecule has 2 aromatic carbocycles. The molecule has 1 saturated heterocycles. The summed E-state index contributed by atoms with van der Waals surface area (Å²) >= 11 is 0. The summed E-state index contributed by atoms with van der Waals surface area (Å²) < 4.78 is 10.8. The van der Waals surface area contributed by atoms with Crippen LogP contribution in [-0.4, -0.2) is 72.6 Å². The van der Waals surface area contributed by atoms with Gasteiger partial charge in [0.1, 0.15) is 18.1 Å². The highest BCUT2D eigenvalue weighted by atomic mass is 16.5. The number of amides is 1. The van der Waals surface area contributed by atoms with Crippen molar-refractivity contribution in [3.05, 3.63) is 65.9 Å². The highest BCUT2D eigenvalue weighted by Gasteiger charge is 2.22. The number of benzene rings is 2. The molecule has 7 heteroatoms. The monoisotopic (exact) mass is 421 g/mol. The van der Waals surface area contributed by atoms with Crippen LogP contribution in [0, 0.1) is 0 Å². The maximum absolute atomic E-state index is 13.0. The van der Waals surface area contributed by atoms with Crippen LogP contribution >= 0.6 is 0 Å². The van der Waals surface area contributed by atoms with Crippen LogP contribution in [0.3, 0.4) is 0 Å². The van der Waals surface area contributed by atoms with Crippen LogP contribution < -0.4 is 4.74 Å². The van der Waals surface area contributed by atoms with E-state index in [0.29, 0.717) is 37.6 Å². The largest absolute Gasteiger partial charge is 0.492 e. The molecule has 162 valence electrons. The molecule has 1 fully saturated rings. The highest BCUT2D eigenvalue weighted by molar-refractivity contribution is 6.00.